The molecular formula is C14H20O2S. The first-order valence-corrected chi connectivity index (χ1v) is 6.96. The second-order valence-electron chi connectivity index (χ2n) is 4.67. The summed E-state index contributed by atoms with van der Waals surface area (Å²) in [5, 5.41) is 9.03. The van der Waals surface area contributed by atoms with Gasteiger partial charge in [0.1, 0.15) is 0 Å². The topological polar surface area (TPSA) is 37.3 Å². The Morgan fingerprint density at radius 1 is 1.41 bits per heavy atom. The molecule has 0 saturated heterocycles. The lowest BCUT2D eigenvalue weighted by atomic mass is 10.1. The summed E-state index contributed by atoms with van der Waals surface area (Å²) in [4.78, 5) is 12.0. The van der Waals surface area contributed by atoms with E-state index >= 15 is 0 Å². The summed E-state index contributed by atoms with van der Waals surface area (Å²) in [6, 6.07) is 5.66. The summed E-state index contributed by atoms with van der Waals surface area (Å²) in [5.74, 6) is 0.954. The maximum absolute atomic E-state index is 11.0. The van der Waals surface area contributed by atoms with Crippen molar-refractivity contribution in [2.45, 2.75) is 38.5 Å². The second-order valence-corrected chi connectivity index (χ2v) is 5.83. The minimum absolute atomic E-state index is 0.416. The normalized spacial score (nSPS) is 10.8. The minimum atomic E-state index is -0.841. The molecule has 0 spiro atoms. The van der Waals surface area contributed by atoms with Gasteiger partial charge >= 0.3 is 5.97 Å². The zero-order valence-electron chi connectivity index (χ0n) is 10.7. The van der Waals surface area contributed by atoms with E-state index in [2.05, 4.69) is 13.8 Å². The van der Waals surface area contributed by atoms with Crippen LogP contribution in [0.1, 0.15) is 42.6 Å². The molecule has 0 amide bonds. The molecule has 0 aliphatic rings. The number of rotatable bonds is 6. The van der Waals surface area contributed by atoms with Gasteiger partial charge in [-0.2, -0.15) is 0 Å². The van der Waals surface area contributed by atoms with E-state index < -0.39 is 5.97 Å². The van der Waals surface area contributed by atoms with Gasteiger partial charge in [-0.3, -0.25) is 0 Å². The van der Waals surface area contributed by atoms with Crippen LogP contribution in [-0.2, 0) is 0 Å². The highest BCUT2D eigenvalue weighted by molar-refractivity contribution is 7.99. The zero-order valence-corrected chi connectivity index (χ0v) is 11.5. The van der Waals surface area contributed by atoms with E-state index in [1.54, 1.807) is 17.8 Å². The third-order valence-electron chi connectivity index (χ3n) is 2.63. The molecule has 1 N–H and O–H groups in total. The molecule has 1 aromatic rings. The number of carbonyl (C=O) groups is 1. The predicted molar refractivity (Wildman–Crippen MR) is 72.9 cm³/mol. The number of aryl methyl sites for hydroxylation is 1. The summed E-state index contributed by atoms with van der Waals surface area (Å²) in [6.45, 7) is 6.27. The van der Waals surface area contributed by atoms with Crippen molar-refractivity contribution in [3.63, 3.8) is 0 Å². The van der Waals surface area contributed by atoms with Crippen molar-refractivity contribution in [2.24, 2.45) is 5.92 Å². The van der Waals surface area contributed by atoms with Gasteiger partial charge in [0.2, 0.25) is 0 Å². The largest absolute Gasteiger partial charge is 0.478 e. The van der Waals surface area contributed by atoms with Crippen LogP contribution in [0.25, 0.3) is 0 Å². The molecule has 17 heavy (non-hydrogen) atoms. The molecule has 2 nitrogen and oxygen atoms in total. The van der Waals surface area contributed by atoms with E-state index in [1.807, 2.05) is 19.1 Å². The molecule has 0 unspecified atom stereocenters. The number of carboxylic acids is 1. The van der Waals surface area contributed by atoms with E-state index in [9.17, 15) is 4.79 Å². The quantitative estimate of drug-likeness (QED) is 0.608. The average Bonchev–Trinajstić information content (AvgIpc) is 2.25. The highest BCUT2D eigenvalue weighted by Gasteiger charge is 2.07. The van der Waals surface area contributed by atoms with E-state index in [-0.39, 0.29) is 0 Å². The Kier molecular flexibility index (Phi) is 5.56. The summed E-state index contributed by atoms with van der Waals surface area (Å²) in [7, 11) is 0. The molecule has 0 heterocycles. The van der Waals surface area contributed by atoms with Crippen LogP contribution >= 0.6 is 11.8 Å². The van der Waals surface area contributed by atoms with Crippen molar-refractivity contribution < 1.29 is 9.90 Å². The van der Waals surface area contributed by atoms with Gasteiger partial charge in [-0.15, -0.1) is 11.8 Å². The first-order valence-electron chi connectivity index (χ1n) is 5.97. The molecule has 0 radical (unpaired) electrons. The lowest BCUT2D eigenvalue weighted by molar-refractivity contribution is 0.0696. The number of hydrogen-bond donors (Lipinski definition) is 1. The first-order chi connectivity index (χ1) is 8.00. The zero-order chi connectivity index (χ0) is 12.8. The van der Waals surface area contributed by atoms with Gasteiger partial charge in [0.25, 0.3) is 0 Å². The van der Waals surface area contributed by atoms with Gasteiger partial charge in [-0.05, 0) is 42.7 Å². The van der Waals surface area contributed by atoms with Crippen LogP contribution < -0.4 is 0 Å². The standard InChI is InChI=1S/C14H20O2S/c1-10(2)5-4-8-17-12-7-6-11(3)13(9-12)14(15)16/h6-7,9-10H,4-5,8H2,1-3H3,(H,15,16). The van der Waals surface area contributed by atoms with Crippen molar-refractivity contribution in [2.75, 3.05) is 5.75 Å². The van der Waals surface area contributed by atoms with Crippen LogP contribution in [0.5, 0.6) is 0 Å². The average molecular weight is 252 g/mol. The Labute approximate surface area is 107 Å². The minimum Gasteiger partial charge on any atom is -0.478 e. The molecule has 0 fully saturated rings. The van der Waals surface area contributed by atoms with Gasteiger partial charge < -0.3 is 5.11 Å². The van der Waals surface area contributed by atoms with Crippen LogP contribution in [0.2, 0.25) is 0 Å². The SMILES string of the molecule is Cc1ccc(SCCCC(C)C)cc1C(=O)O. The Bertz CT molecular complexity index is 386. The van der Waals surface area contributed by atoms with E-state index in [0.29, 0.717) is 5.56 Å². The lowest BCUT2D eigenvalue weighted by Crippen LogP contribution is -1.99. The summed E-state index contributed by atoms with van der Waals surface area (Å²) < 4.78 is 0. The number of carboxylic acid groups (broad SMARTS) is 1. The highest BCUT2D eigenvalue weighted by atomic mass is 32.2. The third kappa shape index (κ3) is 4.82. The molecule has 0 bridgehead atoms. The maximum Gasteiger partial charge on any atom is 0.335 e. The molecule has 94 valence electrons. The van der Waals surface area contributed by atoms with E-state index in [1.165, 1.54) is 12.8 Å². The smallest absolute Gasteiger partial charge is 0.335 e. The molecule has 0 aromatic heterocycles. The molecule has 0 atom stereocenters. The molecule has 3 heteroatoms. The van der Waals surface area contributed by atoms with Crippen molar-refractivity contribution >= 4 is 17.7 Å². The second kappa shape index (κ2) is 6.70. The predicted octanol–water partition coefficient (Wildman–Crippen LogP) is 4.22. The Morgan fingerprint density at radius 2 is 2.12 bits per heavy atom. The Hall–Kier alpha value is -0.960. The van der Waals surface area contributed by atoms with Gasteiger partial charge in [0, 0.05) is 4.90 Å². The van der Waals surface area contributed by atoms with Crippen LogP contribution in [-0.4, -0.2) is 16.8 Å². The molecule has 0 aliphatic heterocycles. The number of benzene rings is 1. The van der Waals surface area contributed by atoms with Crippen LogP contribution in [0.4, 0.5) is 0 Å². The van der Waals surface area contributed by atoms with Crippen LogP contribution in [0, 0.1) is 12.8 Å². The fourth-order valence-electron chi connectivity index (χ4n) is 1.60. The van der Waals surface area contributed by atoms with Gasteiger partial charge in [-0.1, -0.05) is 26.3 Å². The fraction of sp³-hybridized carbons (Fsp3) is 0.500. The maximum atomic E-state index is 11.0. The fourth-order valence-corrected chi connectivity index (χ4v) is 2.52. The summed E-state index contributed by atoms with van der Waals surface area (Å²) >= 11 is 1.74. The van der Waals surface area contributed by atoms with Gasteiger partial charge in [0.05, 0.1) is 5.56 Å². The highest BCUT2D eigenvalue weighted by Crippen LogP contribution is 2.23. The van der Waals surface area contributed by atoms with Crippen molar-refractivity contribution in [1.29, 1.82) is 0 Å². The van der Waals surface area contributed by atoms with E-state index in [4.69, 9.17) is 5.11 Å². The molecule has 0 saturated carbocycles. The first kappa shape index (κ1) is 14.1. The molecule has 1 aromatic carbocycles. The summed E-state index contributed by atoms with van der Waals surface area (Å²) in [5.41, 5.74) is 1.24. The molecule has 1 rings (SSSR count). The van der Waals surface area contributed by atoms with Crippen molar-refractivity contribution in [3.05, 3.63) is 29.3 Å². The number of hydrogen-bond acceptors (Lipinski definition) is 2. The van der Waals surface area contributed by atoms with E-state index in [0.717, 1.165) is 22.1 Å². The third-order valence-corrected chi connectivity index (χ3v) is 3.71. The van der Waals surface area contributed by atoms with Gasteiger partial charge in [-0.25, -0.2) is 4.79 Å². The molecular weight excluding hydrogens is 232 g/mol. The lowest BCUT2D eigenvalue weighted by Gasteiger charge is -2.06. The summed E-state index contributed by atoms with van der Waals surface area (Å²) in [6.07, 6.45) is 2.41. The van der Waals surface area contributed by atoms with Crippen LogP contribution in [0.3, 0.4) is 0 Å². The monoisotopic (exact) mass is 252 g/mol. The van der Waals surface area contributed by atoms with Crippen molar-refractivity contribution in [1.82, 2.24) is 0 Å². The number of aromatic carboxylic acids is 1. The van der Waals surface area contributed by atoms with Gasteiger partial charge in [0.15, 0.2) is 0 Å². The van der Waals surface area contributed by atoms with Crippen molar-refractivity contribution in [3.8, 4) is 0 Å². The molecule has 0 aliphatic carbocycles. The Morgan fingerprint density at radius 3 is 2.71 bits per heavy atom. The Balaban J connectivity index is 2.54. The van der Waals surface area contributed by atoms with Crippen LogP contribution in [0.15, 0.2) is 23.1 Å². The number of thioether (sulfide) groups is 1.